The maximum Gasteiger partial charge on any atom is 0.321 e. The Balaban J connectivity index is 2.54. The van der Waals surface area contributed by atoms with Gasteiger partial charge in [0.2, 0.25) is 0 Å². The monoisotopic (exact) mass is 246 g/mol. The van der Waals surface area contributed by atoms with Crippen molar-refractivity contribution in [2.75, 3.05) is 5.75 Å². The van der Waals surface area contributed by atoms with Crippen molar-refractivity contribution in [1.82, 2.24) is 0 Å². The third-order valence-corrected chi connectivity index (χ3v) is 3.76. The maximum absolute atomic E-state index is 11.6. The third kappa shape index (κ3) is 3.03. The molecule has 16 heavy (non-hydrogen) atoms. The molecule has 1 saturated carbocycles. The lowest BCUT2D eigenvalue weighted by molar-refractivity contribution is -0.138. The van der Waals surface area contributed by atoms with Gasteiger partial charge in [-0.3, -0.25) is 14.4 Å². The second kappa shape index (κ2) is 5.42. The van der Waals surface area contributed by atoms with Crippen LogP contribution in [0, 0.1) is 0 Å². The quantitative estimate of drug-likeness (QED) is 0.530. The highest BCUT2D eigenvalue weighted by molar-refractivity contribution is 8.01. The number of rotatable bonds is 4. The second-order valence-electron chi connectivity index (χ2n) is 3.67. The van der Waals surface area contributed by atoms with E-state index in [0.29, 0.717) is 6.42 Å². The zero-order valence-electron chi connectivity index (χ0n) is 8.59. The van der Waals surface area contributed by atoms with Gasteiger partial charge in [-0.15, -0.1) is 11.8 Å². The van der Waals surface area contributed by atoms with Crippen molar-refractivity contribution >= 4 is 29.3 Å². The number of carboxylic acid groups (broad SMARTS) is 1. The van der Waals surface area contributed by atoms with Gasteiger partial charge in [-0.2, -0.15) is 0 Å². The summed E-state index contributed by atoms with van der Waals surface area (Å²) in [6, 6.07) is -1.68. The van der Waals surface area contributed by atoms with E-state index in [1.807, 2.05) is 0 Å². The Hall–Kier alpha value is -0.920. The highest BCUT2D eigenvalue weighted by Crippen LogP contribution is 2.22. The fraction of sp³-hybridized carbons (Fsp3) is 0.667. The molecule has 0 amide bonds. The summed E-state index contributed by atoms with van der Waals surface area (Å²) in [5.41, 5.74) is 10.8. The number of hydrogen-bond donors (Lipinski definition) is 3. The Morgan fingerprint density at radius 1 is 1.56 bits per heavy atom. The minimum Gasteiger partial charge on any atom is -0.480 e. The van der Waals surface area contributed by atoms with E-state index in [1.165, 1.54) is 0 Å². The molecule has 0 heterocycles. The first-order valence-corrected chi connectivity index (χ1v) is 5.90. The van der Waals surface area contributed by atoms with Crippen LogP contribution in [0.25, 0.3) is 0 Å². The summed E-state index contributed by atoms with van der Waals surface area (Å²) in [7, 11) is 0. The Labute approximate surface area is 96.7 Å². The second-order valence-corrected chi connectivity index (χ2v) is 4.81. The van der Waals surface area contributed by atoms with E-state index in [2.05, 4.69) is 0 Å². The van der Waals surface area contributed by atoms with Crippen molar-refractivity contribution in [3.05, 3.63) is 0 Å². The zero-order chi connectivity index (χ0) is 12.3. The molecule has 7 heteroatoms. The van der Waals surface area contributed by atoms with Crippen molar-refractivity contribution in [3.8, 4) is 0 Å². The smallest absolute Gasteiger partial charge is 0.321 e. The highest BCUT2D eigenvalue weighted by Gasteiger charge is 2.36. The molecule has 5 N–H and O–H groups in total. The number of ketones is 2. The molecule has 0 aromatic heterocycles. The van der Waals surface area contributed by atoms with Gasteiger partial charge in [-0.25, -0.2) is 0 Å². The maximum atomic E-state index is 11.6. The molecule has 6 nitrogen and oxygen atoms in total. The number of carbonyl (C=O) groups is 3. The van der Waals surface area contributed by atoms with Gasteiger partial charge in [0, 0.05) is 12.2 Å². The molecular weight excluding hydrogens is 232 g/mol. The molecule has 1 fully saturated rings. The number of thioether (sulfide) groups is 1. The molecule has 1 rings (SSSR count). The number of carbonyl (C=O) groups excluding carboxylic acids is 2. The van der Waals surface area contributed by atoms with Gasteiger partial charge >= 0.3 is 5.97 Å². The van der Waals surface area contributed by atoms with Crippen LogP contribution >= 0.6 is 11.8 Å². The summed E-state index contributed by atoms with van der Waals surface area (Å²) in [6.07, 6.45) is 0.645. The predicted molar refractivity (Wildman–Crippen MR) is 59.1 cm³/mol. The van der Waals surface area contributed by atoms with Crippen LogP contribution in [-0.4, -0.2) is 45.7 Å². The van der Waals surface area contributed by atoms with Gasteiger partial charge in [0.05, 0.1) is 6.04 Å². The standard InChI is InChI=1S/C9H14N2O4S/c10-4-1-2-6(12)8(7(4)13)16-3-5(11)9(14)15/h4-5,8H,1-3,10-11H2,(H,14,15). The molecule has 0 aromatic carbocycles. The van der Waals surface area contributed by atoms with E-state index in [1.54, 1.807) is 0 Å². The van der Waals surface area contributed by atoms with Crippen LogP contribution in [0.5, 0.6) is 0 Å². The topological polar surface area (TPSA) is 123 Å². The fourth-order valence-corrected chi connectivity index (χ4v) is 2.56. The highest BCUT2D eigenvalue weighted by atomic mass is 32.2. The predicted octanol–water partition coefficient (Wildman–Crippen LogP) is -1.24. The normalized spacial score (nSPS) is 27.9. The number of nitrogens with two attached hydrogens (primary N) is 2. The van der Waals surface area contributed by atoms with Gasteiger partial charge in [0.25, 0.3) is 0 Å². The van der Waals surface area contributed by atoms with Crippen LogP contribution in [0.15, 0.2) is 0 Å². The Morgan fingerprint density at radius 3 is 2.75 bits per heavy atom. The molecule has 1 aliphatic rings. The van der Waals surface area contributed by atoms with Crippen LogP contribution in [0.2, 0.25) is 0 Å². The summed E-state index contributed by atoms with van der Waals surface area (Å²) in [4.78, 5) is 33.5. The van der Waals surface area contributed by atoms with Crippen LogP contribution in [-0.2, 0) is 14.4 Å². The SMILES string of the molecule is NC(CSC1C(=O)CCC(N)C1=O)C(=O)O. The molecule has 0 saturated heterocycles. The van der Waals surface area contributed by atoms with Crippen LogP contribution in [0.3, 0.4) is 0 Å². The van der Waals surface area contributed by atoms with Crippen LogP contribution in [0.1, 0.15) is 12.8 Å². The van der Waals surface area contributed by atoms with Crippen LogP contribution in [0.4, 0.5) is 0 Å². The van der Waals surface area contributed by atoms with Crippen molar-refractivity contribution in [3.63, 3.8) is 0 Å². The van der Waals surface area contributed by atoms with E-state index in [9.17, 15) is 14.4 Å². The molecule has 0 spiro atoms. The summed E-state index contributed by atoms with van der Waals surface area (Å²) >= 11 is 0.969. The van der Waals surface area contributed by atoms with Gasteiger partial charge in [0.15, 0.2) is 11.6 Å². The average Bonchev–Trinajstić information content (AvgIpc) is 2.23. The van der Waals surface area contributed by atoms with Gasteiger partial charge in [-0.1, -0.05) is 0 Å². The summed E-state index contributed by atoms with van der Waals surface area (Å²) in [5.74, 6) is -1.62. The van der Waals surface area contributed by atoms with Crippen LogP contribution < -0.4 is 11.5 Å². The first-order valence-electron chi connectivity index (χ1n) is 4.85. The van der Waals surface area contributed by atoms with Crippen molar-refractivity contribution in [1.29, 1.82) is 0 Å². The minimum absolute atomic E-state index is 0.0319. The average molecular weight is 246 g/mol. The Morgan fingerprint density at radius 2 is 2.19 bits per heavy atom. The molecule has 0 radical (unpaired) electrons. The molecule has 1 aliphatic carbocycles. The van der Waals surface area contributed by atoms with Gasteiger partial charge < -0.3 is 16.6 Å². The van der Waals surface area contributed by atoms with E-state index < -0.39 is 23.3 Å². The zero-order valence-corrected chi connectivity index (χ0v) is 9.40. The number of carboxylic acids is 1. The number of hydrogen-bond acceptors (Lipinski definition) is 6. The lowest BCUT2D eigenvalue weighted by atomic mass is 9.93. The van der Waals surface area contributed by atoms with Crippen molar-refractivity contribution in [2.24, 2.45) is 11.5 Å². The molecular formula is C9H14N2O4S. The number of aliphatic carboxylic acids is 1. The summed E-state index contributed by atoms with van der Waals surface area (Å²) in [6.45, 7) is 0. The van der Waals surface area contributed by atoms with E-state index in [0.717, 1.165) is 11.8 Å². The summed E-state index contributed by atoms with van der Waals surface area (Å²) in [5, 5.41) is 7.72. The first-order chi connectivity index (χ1) is 7.43. The Kier molecular flexibility index (Phi) is 4.45. The molecule has 90 valence electrons. The molecule has 0 aromatic rings. The first kappa shape index (κ1) is 13.1. The number of Topliss-reactive ketones (excluding diaryl/α,β-unsaturated/α-hetero) is 2. The molecule has 0 aliphatic heterocycles. The lowest BCUT2D eigenvalue weighted by Gasteiger charge is -2.24. The third-order valence-electron chi connectivity index (χ3n) is 2.38. The van der Waals surface area contributed by atoms with E-state index in [4.69, 9.17) is 16.6 Å². The Bertz CT molecular complexity index is 321. The minimum atomic E-state index is -1.15. The van der Waals surface area contributed by atoms with E-state index >= 15 is 0 Å². The summed E-state index contributed by atoms with van der Waals surface area (Å²) < 4.78 is 0. The van der Waals surface area contributed by atoms with Crippen molar-refractivity contribution < 1.29 is 19.5 Å². The molecule has 0 bridgehead atoms. The van der Waals surface area contributed by atoms with E-state index in [-0.39, 0.29) is 23.7 Å². The van der Waals surface area contributed by atoms with Gasteiger partial charge in [-0.05, 0) is 6.42 Å². The van der Waals surface area contributed by atoms with Gasteiger partial charge in [0.1, 0.15) is 11.3 Å². The largest absolute Gasteiger partial charge is 0.480 e. The molecule has 3 unspecified atom stereocenters. The fourth-order valence-electron chi connectivity index (χ4n) is 1.37. The molecule has 3 atom stereocenters. The lowest BCUT2D eigenvalue weighted by Crippen LogP contribution is -2.46. The van der Waals surface area contributed by atoms with Crippen molar-refractivity contribution in [2.45, 2.75) is 30.2 Å².